The van der Waals surface area contributed by atoms with Crippen molar-refractivity contribution in [2.75, 3.05) is 19.8 Å². The van der Waals surface area contributed by atoms with Gasteiger partial charge in [0.2, 0.25) is 0 Å². The van der Waals surface area contributed by atoms with E-state index in [0.717, 1.165) is 44.8 Å². The zero-order valence-corrected chi connectivity index (χ0v) is 13.9. The fraction of sp³-hybridized carbons (Fsp3) is 0.944. The highest BCUT2D eigenvalue weighted by atomic mass is 16.7. The Labute approximate surface area is 133 Å². The van der Waals surface area contributed by atoms with Crippen LogP contribution in [0.1, 0.15) is 71.1 Å². The molecule has 2 aliphatic carbocycles. The first-order chi connectivity index (χ1) is 10.7. The Balaban J connectivity index is 1.46. The molecule has 0 aromatic heterocycles. The number of esters is 1. The summed E-state index contributed by atoms with van der Waals surface area (Å²) in [7, 11) is 0. The van der Waals surface area contributed by atoms with Crippen LogP contribution in [-0.4, -0.2) is 31.6 Å². The third kappa shape index (κ3) is 3.65. The van der Waals surface area contributed by atoms with Gasteiger partial charge < -0.3 is 14.2 Å². The fourth-order valence-electron chi connectivity index (χ4n) is 4.95. The van der Waals surface area contributed by atoms with Crippen LogP contribution >= 0.6 is 0 Å². The van der Waals surface area contributed by atoms with Crippen LogP contribution in [0.2, 0.25) is 0 Å². The van der Waals surface area contributed by atoms with Crippen LogP contribution in [0.4, 0.5) is 0 Å². The molecule has 4 heteroatoms. The van der Waals surface area contributed by atoms with Gasteiger partial charge in [0.05, 0.1) is 19.8 Å². The van der Waals surface area contributed by atoms with Gasteiger partial charge in [-0.1, -0.05) is 0 Å². The van der Waals surface area contributed by atoms with Crippen molar-refractivity contribution >= 4 is 5.97 Å². The molecule has 0 aromatic rings. The van der Waals surface area contributed by atoms with Crippen LogP contribution in [0.3, 0.4) is 0 Å². The van der Waals surface area contributed by atoms with Crippen LogP contribution in [0, 0.1) is 11.3 Å². The first-order valence-corrected chi connectivity index (χ1v) is 9.09. The number of carbonyl (C=O) groups excluding carboxylic acids is 1. The Bertz CT molecular complexity index is 389. The molecule has 0 bridgehead atoms. The van der Waals surface area contributed by atoms with Crippen molar-refractivity contribution in [3.05, 3.63) is 0 Å². The molecule has 1 aliphatic heterocycles. The first-order valence-electron chi connectivity index (χ1n) is 9.09. The Kier molecular flexibility index (Phi) is 5.08. The highest BCUT2D eigenvalue weighted by Crippen LogP contribution is 2.56. The normalized spacial score (nSPS) is 33.6. The lowest BCUT2D eigenvalue weighted by Gasteiger charge is -2.43. The molecule has 2 atom stereocenters. The van der Waals surface area contributed by atoms with Crippen molar-refractivity contribution in [1.82, 2.24) is 0 Å². The van der Waals surface area contributed by atoms with Gasteiger partial charge in [0.15, 0.2) is 5.79 Å². The summed E-state index contributed by atoms with van der Waals surface area (Å²) in [5.74, 6) is 0.475. The predicted octanol–water partition coefficient (Wildman–Crippen LogP) is 3.82. The van der Waals surface area contributed by atoms with Crippen molar-refractivity contribution in [3.8, 4) is 0 Å². The summed E-state index contributed by atoms with van der Waals surface area (Å²) in [6, 6.07) is 0. The third-order valence-electron chi connectivity index (χ3n) is 5.83. The largest absolute Gasteiger partial charge is 0.466 e. The molecular formula is C18H30O4. The molecule has 3 fully saturated rings. The van der Waals surface area contributed by atoms with E-state index in [-0.39, 0.29) is 11.8 Å². The third-order valence-corrected chi connectivity index (χ3v) is 5.83. The molecule has 1 heterocycles. The molecule has 3 rings (SSSR count). The molecule has 1 saturated heterocycles. The van der Waals surface area contributed by atoms with E-state index in [4.69, 9.17) is 14.2 Å². The number of carbonyl (C=O) groups is 1. The average molecular weight is 310 g/mol. The van der Waals surface area contributed by atoms with Gasteiger partial charge in [0, 0.05) is 19.3 Å². The number of rotatable bonds is 5. The zero-order valence-electron chi connectivity index (χ0n) is 13.9. The molecule has 0 unspecified atom stereocenters. The van der Waals surface area contributed by atoms with Gasteiger partial charge >= 0.3 is 5.97 Å². The highest BCUT2D eigenvalue weighted by Gasteiger charge is 2.50. The first kappa shape index (κ1) is 16.3. The average Bonchev–Trinajstić information content (AvgIpc) is 3.08. The second-order valence-electron chi connectivity index (χ2n) is 7.44. The maximum absolute atomic E-state index is 11.4. The van der Waals surface area contributed by atoms with Crippen molar-refractivity contribution in [3.63, 3.8) is 0 Å². The van der Waals surface area contributed by atoms with Crippen molar-refractivity contribution in [1.29, 1.82) is 0 Å². The van der Waals surface area contributed by atoms with Gasteiger partial charge in [0.1, 0.15) is 0 Å². The topological polar surface area (TPSA) is 44.8 Å². The van der Waals surface area contributed by atoms with E-state index in [1.54, 1.807) is 0 Å². The molecule has 3 aliphatic rings. The summed E-state index contributed by atoms with van der Waals surface area (Å²) in [6.45, 7) is 3.89. The fourth-order valence-corrected chi connectivity index (χ4v) is 4.95. The van der Waals surface area contributed by atoms with Gasteiger partial charge in [-0.25, -0.2) is 0 Å². The molecule has 0 radical (unpaired) electrons. The second kappa shape index (κ2) is 6.88. The minimum absolute atomic E-state index is 0.0421. The minimum Gasteiger partial charge on any atom is -0.466 e. The lowest BCUT2D eigenvalue weighted by molar-refractivity contribution is -0.201. The van der Waals surface area contributed by atoms with Crippen LogP contribution in [0.5, 0.6) is 0 Å². The van der Waals surface area contributed by atoms with E-state index in [0.29, 0.717) is 18.4 Å². The van der Waals surface area contributed by atoms with Gasteiger partial charge in [-0.3, -0.25) is 4.79 Å². The van der Waals surface area contributed by atoms with E-state index in [1.807, 2.05) is 6.92 Å². The Morgan fingerprint density at radius 2 is 2.05 bits per heavy atom. The lowest BCUT2D eigenvalue weighted by Crippen LogP contribution is -2.41. The maximum atomic E-state index is 11.4. The quantitative estimate of drug-likeness (QED) is 0.724. The monoisotopic (exact) mass is 310 g/mol. The highest BCUT2D eigenvalue weighted by molar-refractivity contribution is 5.69. The molecular weight excluding hydrogens is 280 g/mol. The number of ether oxygens (including phenoxy) is 3. The Hall–Kier alpha value is -0.610. The van der Waals surface area contributed by atoms with Crippen molar-refractivity contribution in [2.45, 2.75) is 76.9 Å². The summed E-state index contributed by atoms with van der Waals surface area (Å²) in [5, 5.41) is 0. The summed E-state index contributed by atoms with van der Waals surface area (Å²) < 4.78 is 16.9. The standard InChI is InChI=1S/C18H30O4/c1-2-20-16(19)6-3-5-15-7-10-17(13-15)8-4-9-18(14-17)21-11-12-22-18/h15H,2-14H2,1H3/t15-,17+/m1/s1. The summed E-state index contributed by atoms with van der Waals surface area (Å²) in [5.41, 5.74) is 0.442. The molecule has 2 saturated carbocycles. The number of hydrogen-bond donors (Lipinski definition) is 0. The van der Waals surface area contributed by atoms with E-state index < -0.39 is 0 Å². The predicted molar refractivity (Wildman–Crippen MR) is 83.4 cm³/mol. The molecule has 0 amide bonds. The summed E-state index contributed by atoms with van der Waals surface area (Å²) in [4.78, 5) is 11.4. The molecule has 2 spiro atoms. The molecule has 126 valence electrons. The summed E-state index contributed by atoms with van der Waals surface area (Å²) >= 11 is 0. The van der Waals surface area contributed by atoms with Gasteiger partial charge in [0.25, 0.3) is 0 Å². The van der Waals surface area contributed by atoms with Gasteiger partial charge in [-0.05, 0) is 63.2 Å². The molecule has 4 nitrogen and oxygen atoms in total. The zero-order chi connectivity index (χ0) is 15.5. The minimum atomic E-state index is -0.252. The van der Waals surface area contributed by atoms with Crippen LogP contribution in [0.25, 0.3) is 0 Å². The molecule has 22 heavy (non-hydrogen) atoms. The Morgan fingerprint density at radius 1 is 1.23 bits per heavy atom. The molecule has 0 N–H and O–H groups in total. The smallest absolute Gasteiger partial charge is 0.305 e. The van der Waals surface area contributed by atoms with Gasteiger partial charge in [-0.2, -0.15) is 0 Å². The van der Waals surface area contributed by atoms with Crippen LogP contribution < -0.4 is 0 Å². The van der Waals surface area contributed by atoms with Gasteiger partial charge in [-0.15, -0.1) is 0 Å². The van der Waals surface area contributed by atoms with E-state index in [2.05, 4.69) is 0 Å². The molecule has 0 aromatic carbocycles. The van der Waals surface area contributed by atoms with E-state index in [1.165, 1.54) is 32.1 Å². The summed E-state index contributed by atoms with van der Waals surface area (Å²) in [6.07, 6.45) is 11.3. The lowest BCUT2D eigenvalue weighted by atomic mass is 9.69. The van der Waals surface area contributed by atoms with Crippen LogP contribution in [0.15, 0.2) is 0 Å². The SMILES string of the molecule is CCOC(=O)CCC[C@@H]1CC[C@@]2(CCCC3(C2)OCCO3)C1. The Morgan fingerprint density at radius 3 is 2.82 bits per heavy atom. The van der Waals surface area contributed by atoms with E-state index >= 15 is 0 Å². The second-order valence-corrected chi connectivity index (χ2v) is 7.44. The van der Waals surface area contributed by atoms with Crippen molar-refractivity contribution in [2.24, 2.45) is 11.3 Å². The number of hydrogen-bond acceptors (Lipinski definition) is 4. The van der Waals surface area contributed by atoms with E-state index in [9.17, 15) is 4.79 Å². The maximum Gasteiger partial charge on any atom is 0.305 e. The van der Waals surface area contributed by atoms with Crippen molar-refractivity contribution < 1.29 is 19.0 Å². The van der Waals surface area contributed by atoms with Crippen LogP contribution in [-0.2, 0) is 19.0 Å².